The average molecular weight is 427 g/mol. The summed E-state index contributed by atoms with van der Waals surface area (Å²) in [4.78, 5) is 18.0. The van der Waals surface area contributed by atoms with E-state index in [1.165, 1.54) is 63.4 Å². The Bertz CT molecular complexity index is 714. The summed E-state index contributed by atoms with van der Waals surface area (Å²) in [6.45, 7) is 7.21. The Labute approximate surface area is 189 Å². The van der Waals surface area contributed by atoms with Crippen LogP contribution < -0.4 is 0 Å². The smallest absolute Gasteiger partial charge is 0.222 e. The average Bonchev–Trinajstić information content (AvgIpc) is 2.98. The van der Waals surface area contributed by atoms with E-state index in [4.69, 9.17) is 0 Å². The highest BCUT2D eigenvalue weighted by Gasteiger charge is 2.41. The molecular weight excluding hydrogens is 384 g/mol. The Morgan fingerprint density at radius 3 is 2.45 bits per heavy atom. The first-order valence-electron chi connectivity index (χ1n) is 12.8. The molecule has 4 rings (SSSR count). The van der Waals surface area contributed by atoms with E-state index in [-0.39, 0.29) is 0 Å². The van der Waals surface area contributed by atoms with E-state index in [2.05, 4.69) is 29.7 Å². The molecule has 2 bridgehead atoms. The van der Waals surface area contributed by atoms with Crippen LogP contribution in [0, 0.1) is 11.8 Å². The van der Waals surface area contributed by atoms with Gasteiger partial charge < -0.3 is 10.0 Å². The Morgan fingerprint density at radius 1 is 1.10 bits per heavy atom. The third-order valence-corrected chi connectivity index (χ3v) is 7.99. The molecule has 4 nitrogen and oxygen atoms in total. The van der Waals surface area contributed by atoms with Gasteiger partial charge >= 0.3 is 0 Å². The van der Waals surface area contributed by atoms with Gasteiger partial charge in [0.15, 0.2) is 0 Å². The van der Waals surface area contributed by atoms with Gasteiger partial charge in [0.05, 0.1) is 0 Å². The van der Waals surface area contributed by atoms with Crippen LogP contribution in [0.5, 0.6) is 5.75 Å². The molecule has 3 fully saturated rings. The van der Waals surface area contributed by atoms with Crippen LogP contribution in [-0.4, -0.2) is 52.5 Å². The second-order valence-electron chi connectivity index (χ2n) is 10.8. The van der Waals surface area contributed by atoms with Gasteiger partial charge in [-0.15, -0.1) is 0 Å². The Morgan fingerprint density at radius 2 is 1.81 bits per heavy atom. The molecule has 0 radical (unpaired) electrons. The molecule has 3 aliphatic rings. The number of carbonyl (C=O) groups is 1. The van der Waals surface area contributed by atoms with Crippen molar-refractivity contribution in [3.05, 3.63) is 29.8 Å². The fourth-order valence-electron chi connectivity index (χ4n) is 6.40. The van der Waals surface area contributed by atoms with E-state index in [0.29, 0.717) is 47.9 Å². The van der Waals surface area contributed by atoms with Gasteiger partial charge in [-0.05, 0) is 74.0 Å². The third-order valence-electron chi connectivity index (χ3n) is 7.99. The molecule has 0 spiro atoms. The number of amides is 1. The summed E-state index contributed by atoms with van der Waals surface area (Å²) in [5.41, 5.74) is 1.29. The van der Waals surface area contributed by atoms with Gasteiger partial charge in [-0.25, -0.2) is 0 Å². The van der Waals surface area contributed by atoms with E-state index in [0.717, 1.165) is 19.6 Å². The van der Waals surface area contributed by atoms with E-state index >= 15 is 0 Å². The molecule has 1 aromatic rings. The van der Waals surface area contributed by atoms with Gasteiger partial charge in [-0.3, -0.25) is 9.69 Å². The van der Waals surface area contributed by atoms with Crippen molar-refractivity contribution in [2.75, 3.05) is 19.6 Å². The number of phenolic OH excluding ortho intramolecular Hbond substituents is 1. The van der Waals surface area contributed by atoms with Gasteiger partial charge in [0.25, 0.3) is 0 Å². The third kappa shape index (κ3) is 5.83. The van der Waals surface area contributed by atoms with Crippen LogP contribution in [0.25, 0.3) is 0 Å². The molecule has 1 saturated carbocycles. The van der Waals surface area contributed by atoms with Crippen LogP contribution in [0.3, 0.4) is 0 Å². The highest BCUT2D eigenvalue weighted by molar-refractivity contribution is 5.76. The van der Waals surface area contributed by atoms with Crippen LogP contribution >= 0.6 is 0 Å². The maximum atomic E-state index is 13.0. The zero-order chi connectivity index (χ0) is 21.8. The van der Waals surface area contributed by atoms with Crippen molar-refractivity contribution < 1.29 is 9.90 Å². The van der Waals surface area contributed by atoms with E-state index in [9.17, 15) is 9.90 Å². The second kappa shape index (κ2) is 10.4. The minimum Gasteiger partial charge on any atom is -0.508 e. The van der Waals surface area contributed by atoms with Crippen molar-refractivity contribution >= 4 is 5.91 Å². The van der Waals surface area contributed by atoms with E-state index < -0.39 is 0 Å². The lowest BCUT2D eigenvalue weighted by Crippen LogP contribution is -2.47. The summed E-state index contributed by atoms with van der Waals surface area (Å²) >= 11 is 0. The number of phenols is 1. The summed E-state index contributed by atoms with van der Waals surface area (Å²) in [5, 5.41) is 9.89. The molecule has 0 unspecified atom stereocenters. The highest BCUT2D eigenvalue weighted by Crippen LogP contribution is 2.43. The van der Waals surface area contributed by atoms with E-state index in [1.54, 1.807) is 6.07 Å². The lowest BCUT2D eigenvalue weighted by atomic mass is 9.85. The first kappa shape index (κ1) is 22.6. The summed E-state index contributed by atoms with van der Waals surface area (Å²) in [7, 11) is 0. The number of fused-ring (bicyclic) bond motifs is 2. The molecule has 0 aromatic heterocycles. The summed E-state index contributed by atoms with van der Waals surface area (Å²) in [6.07, 6.45) is 12.2. The Hall–Kier alpha value is -1.55. The lowest BCUT2D eigenvalue weighted by Gasteiger charge is -2.40. The molecule has 2 aliphatic heterocycles. The maximum absolute atomic E-state index is 13.0. The number of benzene rings is 1. The second-order valence-corrected chi connectivity index (χ2v) is 10.8. The molecule has 1 amide bonds. The van der Waals surface area contributed by atoms with Gasteiger partial charge in [-0.2, -0.15) is 0 Å². The topological polar surface area (TPSA) is 43.8 Å². The van der Waals surface area contributed by atoms with Crippen molar-refractivity contribution in [1.29, 1.82) is 0 Å². The summed E-state index contributed by atoms with van der Waals surface area (Å²) in [6, 6.07) is 9.13. The number of rotatable bonds is 8. The van der Waals surface area contributed by atoms with Crippen LogP contribution in [0.2, 0.25) is 0 Å². The first-order chi connectivity index (χ1) is 15.0. The molecule has 3 atom stereocenters. The summed E-state index contributed by atoms with van der Waals surface area (Å²) < 4.78 is 0. The number of piperidine rings is 1. The van der Waals surface area contributed by atoms with Crippen molar-refractivity contribution in [3.63, 3.8) is 0 Å². The quantitative estimate of drug-likeness (QED) is 0.592. The number of hydrogen-bond acceptors (Lipinski definition) is 3. The first-order valence-corrected chi connectivity index (χ1v) is 12.8. The van der Waals surface area contributed by atoms with Crippen molar-refractivity contribution in [3.8, 4) is 5.75 Å². The largest absolute Gasteiger partial charge is 0.508 e. The summed E-state index contributed by atoms with van der Waals surface area (Å²) in [5.74, 6) is 2.44. The number of carbonyl (C=O) groups excluding carboxylic acids is 1. The molecule has 2 saturated heterocycles. The normalized spacial score (nSPS) is 27.0. The molecule has 172 valence electrons. The SMILES string of the molecule is CC(C)CC(=O)N(CCN1[C@@H]2CC[C@H]1C[C@@H](c1cccc(O)c1)C2)CC1CCCCC1. The fourth-order valence-corrected chi connectivity index (χ4v) is 6.40. The standard InChI is InChI=1S/C27H42N2O2/c1-20(2)15-27(31)28(19-21-7-4-3-5-8-21)13-14-29-24-11-12-25(29)17-23(16-24)22-9-6-10-26(30)18-22/h6,9-10,18,20-21,23-25,30H,3-5,7-8,11-17,19H2,1-2H3/t23-,24+,25-. The molecule has 1 N–H and O–H groups in total. The predicted molar refractivity (Wildman–Crippen MR) is 126 cm³/mol. The molecule has 1 aromatic carbocycles. The molecular formula is C27H42N2O2. The van der Waals surface area contributed by atoms with Crippen LogP contribution in [0.15, 0.2) is 24.3 Å². The van der Waals surface area contributed by atoms with Crippen LogP contribution in [-0.2, 0) is 4.79 Å². The molecule has 2 heterocycles. The van der Waals surface area contributed by atoms with Crippen LogP contribution in [0.4, 0.5) is 0 Å². The van der Waals surface area contributed by atoms with Gasteiger partial charge in [0.2, 0.25) is 5.91 Å². The number of hydrogen-bond donors (Lipinski definition) is 1. The number of nitrogens with zero attached hydrogens (tertiary/aromatic N) is 2. The predicted octanol–water partition coefficient (Wildman–Crippen LogP) is 5.56. The maximum Gasteiger partial charge on any atom is 0.222 e. The highest BCUT2D eigenvalue weighted by atomic mass is 16.3. The Balaban J connectivity index is 1.36. The zero-order valence-corrected chi connectivity index (χ0v) is 19.6. The van der Waals surface area contributed by atoms with Gasteiger partial charge in [-0.1, -0.05) is 45.2 Å². The molecule has 4 heteroatoms. The van der Waals surface area contributed by atoms with E-state index in [1.807, 2.05) is 12.1 Å². The molecule has 1 aliphatic carbocycles. The van der Waals surface area contributed by atoms with Crippen molar-refractivity contribution in [2.45, 2.75) is 96.1 Å². The number of aromatic hydroxyl groups is 1. The molecule has 31 heavy (non-hydrogen) atoms. The fraction of sp³-hybridized carbons (Fsp3) is 0.741. The van der Waals surface area contributed by atoms with Crippen molar-refractivity contribution in [1.82, 2.24) is 9.80 Å². The lowest BCUT2D eigenvalue weighted by molar-refractivity contribution is -0.133. The van der Waals surface area contributed by atoms with Crippen molar-refractivity contribution in [2.24, 2.45) is 11.8 Å². The monoisotopic (exact) mass is 426 g/mol. The minimum atomic E-state index is 0.363. The Kier molecular flexibility index (Phi) is 7.58. The zero-order valence-electron chi connectivity index (χ0n) is 19.6. The minimum absolute atomic E-state index is 0.363. The van der Waals surface area contributed by atoms with Gasteiger partial charge in [0.1, 0.15) is 5.75 Å². The van der Waals surface area contributed by atoms with Gasteiger partial charge in [0, 0.05) is 38.1 Å². The van der Waals surface area contributed by atoms with Crippen LogP contribution in [0.1, 0.15) is 89.5 Å².